The monoisotopic (exact) mass is 371 g/mol. The average molecular weight is 371 g/mol. The van der Waals surface area contributed by atoms with Crippen LogP contribution in [0, 0.1) is 17.3 Å². The molecule has 2 aliphatic carbocycles. The van der Waals surface area contributed by atoms with Crippen LogP contribution < -0.4 is 0 Å². The molecule has 3 fully saturated rings. The van der Waals surface area contributed by atoms with Crippen LogP contribution in [-0.2, 0) is 24.4 Å². The number of nitrogens with zero attached hydrogens (tertiary/aromatic N) is 3. The SMILES string of the molecule is Cn1nc(CC2CC3(C2)CN(C(=O)C2CC(C)(O)C2)C3)cc1C(F)(F)F. The van der Waals surface area contributed by atoms with Crippen molar-refractivity contribution in [3.05, 3.63) is 17.5 Å². The Labute approximate surface area is 150 Å². The van der Waals surface area contributed by atoms with E-state index in [1.54, 1.807) is 6.92 Å². The second kappa shape index (κ2) is 5.47. The van der Waals surface area contributed by atoms with Gasteiger partial charge in [0.05, 0.1) is 11.3 Å². The number of alkyl halides is 3. The van der Waals surface area contributed by atoms with Crippen molar-refractivity contribution in [2.45, 2.75) is 50.8 Å². The quantitative estimate of drug-likeness (QED) is 0.888. The van der Waals surface area contributed by atoms with Gasteiger partial charge in [0.1, 0.15) is 5.69 Å². The fraction of sp³-hybridized carbons (Fsp3) is 0.778. The first kappa shape index (κ1) is 17.8. The van der Waals surface area contributed by atoms with Crippen molar-refractivity contribution in [2.75, 3.05) is 13.1 Å². The number of aliphatic hydroxyl groups is 1. The van der Waals surface area contributed by atoms with Crippen molar-refractivity contribution in [1.29, 1.82) is 0 Å². The van der Waals surface area contributed by atoms with Gasteiger partial charge in [-0.1, -0.05) is 0 Å². The molecule has 26 heavy (non-hydrogen) atoms. The van der Waals surface area contributed by atoms with Crippen LogP contribution in [0.2, 0.25) is 0 Å². The summed E-state index contributed by atoms with van der Waals surface area (Å²) in [6.07, 6.45) is -0.848. The number of likely N-dealkylation sites (tertiary alicyclic amines) is 1. The summed E-state index contributed by atoms with van der Waals surface area (Å²) in [4.78, 5) is 14.2. The highest BCUT2D eigenvalue weighted by Crippen LogP contribution is 2.54. The molecule has 1 N–H and O–H groups in total. The van der Waals surface area contributed by atoms with Gasteiger partial charge in [0, 0.05) is 31.5 Å². The molecule has 2 saturated carbocycles. The van der Waals surface area contributed by atoms with Crippen LogP contribution in [0.3, 0.4) is 0 Å². The molecule has 0 atom stereocenters. The van der Waals surface area contributed by atoms with E-state index in [1.165, 1.54) is 7.05 Å². The number of hydrogen-bond donors (Lipinski definition) is 1. The Balaban J connectivity index is 1.25. The topological polar surface area (TPSA) is 58.4 Å². The minimum Gasteiger partial charge on any atom is -0.390 e. The van der Waals surface area contributed by atoms with Crippen LogP contribution in [0.5, 0.6) is 0 Å². The van der Waals surface area contributed by atoms with E-state index < -0.39 is 17.5 Å². The lowest BCUT2D eigenvalue weighted by atomic mass is 9.56. The Morgan fingerprint density at radius 2 is 1.92 bits per heavy atom. The lowest BCUT2D eigenvalue weighted by Crippen LogP contribution is -2.66. The molecule has 1 saturated heterocycles. The van der Waals surface area contributed by atoms with E-state index in [4.69, 9.17) is 0 Å². The van der Waals surface area contributed by atoms with E-state index in [0.717, 1.165) is 36.7 Å². The number of rotatable bonds is 3. The zero-order chi connectivity index (χ0) is 18.9. The van der Waals surface area contributed by atoms with E-state index in [-0.39, 0.29) is 17.2 Å². The van der Waals surface area contributed by atoms with Crippen molar-refractivity contribution in [1.82, 2.24) is 14.7 Å². The summed E-state index contributed by atoms with van der Waals surface area (Å²) in [7, 11) is 1.32. The van der Waals surface area contributed by atoms with Gasteiger partial charge >= 0.3 is 6.18 Å². The largest absolute Gasteiger partial charge is 0.433 e. The number of hydrogen-bond acceptors (Lipinski definition) is 3. The minimum atomic E-state index is -4.37. The number of aromatic nitrogens is 2. The maximum Gasteiger partial charge on any atom is 0.433 e. The predicted octanol–water partition coefficient (Wildman–Crippen LogP) is 2.38. The van der Waals surface area contributed by atoms with Crippen LogP contribution in [-0.4, -0.2) is 44.4 Å². The van der Waals surface area contributed by atoms with Crippen LogP contribution >= 0.6 is 0 Å². The summed E-state index contributed by atoms with van der Waals surface area (Å²) in [6.45, 7) is 3.25. The summed E-state index contributed by atoms with van der Waals surface area (Å²) in [6, 6.07) is 1.14. The summed E-state index contributed by atoms with van der Waals surface area (Å²) in [5.74, 6) is 0.436. The number of halogens is 3. The van der Waals surface area contributed by atoms with E-state index in [9.17, 15) is 23.1 Å². The highest BCUT2D eigenvalue weighted by atomic mass is 19.4. The maximum atomic E-state index is 12.8. The summed E-state index contributed by atoms with van der Waals surface area (Å²) in [5.41, 5.74) is -0.752. The van der Waals surface area contributed by atoms with Crippen molar-refractivity contribution in [2.24, 2.45) is 24.3 Å². The van der Waals surface area contributed by atoms with E-state index >= 15 is 0 Å². The zero-order valence-corrected chi connectivity index (χ0v) is 15.0. The van der Waals surface area contributed by atoms with Crippen molar-refractivity contribution < 1.29 is 23.1 Å². The second-order valence-electron chi connectivity index (χ2n) is 8.92. The molecule has 4 rings (SSSR count). The van der Waals surface area contributed by atoms with Gasteiger partial charge in [0.2, 0.25) is 5.91 Å². The first-order valence-corrected chi connectivity index (χ1v) is 9.08. The highest BCUT2D eigenvalue weighted by Gasteiger charge is 2.55. The number of carbonyl (C=O) groups excluding carboxylic acids is 1. The lowest BCUT2D eigenvalue weighted by molar-refractivity contribution is -0.171. The van der Waals surface area contributed by atoms with E-state index in [1.807, 2.05) is 4.90 Å². The van der Waals surface area contributed by atoms with Gasteiger partial charge < -0.3 is 10.0 Å². The van der Waals surface area contributed by atoms with Gasteiger partial charge in [0.15, 0.2) is 0 Å². The molecule has 0 aromatic carbocycles. The standard InChI is InChI=1S/C18H24F3N3O2/c1-16(26)7-12(8-16)15(25)24-9-17(10-24)5-11(6-17)3-13-4-14(18(19,20)21)23(2)22-13/h4,11-12,26H,3,5-10H2,1-2H3. The van der Waals surface area contributed by atoms with Gasteiger partial charge in [-0.3, -0.25) is 9.48 Å². The fourth-order valence-corrected chi connectivity index (χ4v) is 5.11. The Bertz CT molecular complexity index is 719. The van der Waals surface area contributed by atoms with Gasteiger partial charge in [0.25, 0.3) is 0 Å². The van der Waals surface area contributed by atoms with E-state index in [0.29, 0.717) is 30.9 Å². The molecule has 0 unspecified atom stereocenters. The summed E-state index contributed by atoms with van der Waals surface area (Å²) < 4.78 is 39.4. The molecule has 1 spiro atoms. The molecule has 1 amide bonds. The molecule has 0 radical (unpaired) electrons. The molecule has 1 aliphatic heterocycles. The molecule has 144 valence electrons. The average Bonchev–Trinajstić information content (AvgIpc) is 2.77. The van der Waals surface area contributed by atoms with Crippen LogP contribution in [0.1, 0.15) is 44.0 Å². The molecular formula is C18H24F3N3O2. The first-order chi connectivity index (χ1) is 12.0. The smallest absolute Gasteiger partial charge is 0.390 e. The Morgan fingerprint density at radius 3 is 2.42 bits per heavy atom. The van der Waals surface area contributed by atoms with Gasteiger partial charge in [-0.15, -0.1) is 0 Å². The molecule has 5 nitrogen and oxygen atoms in total. The minimum absolute atomic E-state index is 0.0486. The van der Waals surface area contributed by atoms with Crippen molar-refractivity contribution in [3.63, 3.8) is 0 Å². The third-order valence-electron chi connectivity index (χ3n) is 6.25. The first-order valence-electron chi connectivity index (χ1n) is 9.08. The number of aryl methyl sites for hydroxylation is 1. The number of amides is 1. The highest BCUT2D eigenvalue weighted by molar-refractivity contribution is 5.81. The third-order valence-corrected chi connectivity index (χ3v) is 6.25. The fourth-order valence-electron chi connectivity index (χ4n) is 5.11. The summed E-state index contributed by atoms with van der Waals surface area (Å²) >= 11 is 0. The summed E-state index contributed by atoms with van der Waals surface area (Å²) in [5, 5.41) is 13.8. The Kier molecular flexibility index (Phi) is 3.75. The molecule has 8 heteroatoms. The second-order valence-corrected chi connectivity index (χ2v) is 8.92. The molecule has 1 aromatic heterocycles. The molecule has 1 aromatic rings. The molecule has 3 aliphatic rings. The maximum absolute atomic E-state index is 12.8. The number of carbonyl (C=O) groups is 1. The zero-order valence-electron chi connectivity index (χ0n) is 15.0. The normalized spacial score (nSPS) is 30.7. The third kappa shape index (κ3) is 3.02. The molecule has 2 heterocycles. The predicted molar refractivity (Wildman–Crippen MR) is 87.0 cm³/mol. The van der Waals surface area contributed by atoms with Crippen molar-refractivity contribution in [3.8, 4) is 0 Å². The lowest BCUT2D eigenvalue weighted by Gasteiger charge is -2.60. The van der Waals surface area contributed by atoms with Crippen molar-refractivity contribution >= 4 is 5.91 Å². The van der Waals surface area contributed by atoms with Crippen LogP contribution in [0.25, 0.3) is 0 Å². The van der Waals surface area contributed by atoms with Gasteiger partial charge in [-0.25, -0.2) is 0 Å². The Hall–Kier alpha value is -1.57. The molecule has 0 bridgehead atoms. The van der Waals surface area contributed by atoms with Crippen LogP contribution in [0.15, 0.2) is 6.07 Å². The van der Waals surface area contributed by atoms with E-state index in [2.05, 4.69) is 5.10 Å². The van der Waals surface area contributed by atoms with Gasteiger partial charge in [-0.2, -0.15) is 18.3 Å². The Morgan fingerprint density at radius 1 is 1.31 bits per heavy atom. The van der Waals surface area contributed by atoms with Crippen LogP contribution in [0.4, 0.5) is 13.2 Å². The molecular weight excluding hydrogens is 347 g/mol. The van der Waals surface area contributed by atoms with Gasteiger partial charge in [-0.05, 0) is 51.0 Å².